The Hall–Kier alpha value is -0.610. The molecule has 2 heterocycles. The van der Waals surface area contributed by atoms with Gasteiger partial charge in [-0.3, -0.25) is 4.79 Å². The van der Waals surface area contributed by atoms with Crippen molar-refractivity contribution in [2.24, 2.45) is 0 Å². The maximum absolute atomic E-state index is 11.8. The molecule has 0 bridgehead atoms. The SMILES string of the molecule is O=C(CCCCN1CC[N]CC1)N1CCCC1. The van der Waals surface area contributed by atoms with E-state index in [4.69, 9.17) is 0 Å². The molecule has 2 aliphatic rings. The Morgan fingerprint density at radius 3 is 2.41 bits per heavy atom. The molecule has 0 saturated carbocycles. The highest BCUT2D eigenvalue weighted by Gasteiger charge is 2.17. The second kappa shape index (κ2) is 6.97. The van der Waals surface area contributed by atoms with Crippen LogP contribution in [0.25, 0.3) is 0 Å². The van der Waals surface area contributed by atoms with Crippen LogP contribution in [0.3, 0.4) is 0 Å². The van der Waals surface area contributed by atoms with Gasteiger partial charge in [-0.05, 0) is 32.2 Å². The molecular formula is C13H24N3O. The molecule has 1 amide bonds. The first-order valence-electron chi connectivity index (χ1n) is 6.99. The highest BCUT2D eigenvalue weighted by molar-refractivity contribution is 5.76. The van der Waals surface area contributed by atoms with Crippen molar-refractivity contribution in [2.45, 2.75) is 32.1 Å². The predicted octanol–water partition coefficient (Wildman–Crippen LogP) is 0.699. The summed E-state index contributed by atoms with van der Waals surface area (Å²) in [5, 5.41) is 4.33. The van der Waals surface area contributed by atoms with Crippen LogP contribution >= 0.6 is 0 Å². The third-order valence-electron chi connectivity index (χ3n) is 3.72. The van der Waals surface area contributed by atoms with Gasteiger partial charge in [-0.25, -0.2) is 5.32 Å². The molecule has 0 spiro atoms. The lowest BCUT2D eigenvalue weighted by molar-refractivity contribution is -0.130. The van der Waals surface area contributed by atoms with Crippen LogP contribution in [0.5, 0.6) is 0 Å². The average Bonchev–Trinajstić information content (AvgIpc) is 2.89. The van der Waals surface area contributed by atoms with Crippen LogP contribution in [0.4, 0.5) is 0 Å². The van der Waals surface area contributed by atoms with E-state index in [1.807, 2.05) is 4.90 Å². The number of hydrogen-bond acceptors (Lipinski definition) is 2. The van der Waals surface area contributed by atoms with E-state index in [0.717, 1.165) is 65.1 Å². The van der Waals surface area contributed by atoms with Crippen molar-refractivity contribution in [2.75, 3.05) is 45.8 Å². The summed E-state index contributed by atoms with van der Waals surface area (Å²) in [6, 6.07) is 0. The molecule has 0 aliphatic carbocycles. The van der Waals surface area contributed by atoms with Crippen molar-refractivity contribution in [3.8, 4) is 0 Å². The molecule has 4 nitrogen and oxygen atoms in total. The van der Waals surface area contributed by atoms with E-state index in [2.05, 4.69) is 10.2 Å². The van der Waals surface area contributed by atoms with E-state index in [1.165, 1.54) is 12.8 Å². The van der Waals surface area contributed by atoms with Crippen LogP contribution in [0.15, 0.2) is 0 Å². The van der Waals surface area contributed by atoms with Gasteiger partial charge in [0.05, 0.1) is 0 Å². The maximum atomic E-state index is 11.8. The number of unbranched alkanes of at least 4 members (excludes halogenated alkanes) is 1. The van der Waals surface area contributed by atoms with Gasteiger partial charge in [-0.15, -0.1) is 0 Å². The van der Waals surface area contributed by atoms with E-state index >= 15 is 0 Å². The second-order valence-electron chi connectivity index (χ2n) is 5.06. The minimum atomic E-state index is 0.371. The van der Waals surface area contributed by atoms with Crippen LogP contribution in [0.2, 0.25) is 0 Å². The van der Waals surface area contributed by atoms with Crippen LogP contribution in [-0.2, 0) is 4.79 Å². The molecule has 0 aromatic carbocycles. The van der Waals surface area contributed by atoms with Crippen LogP contribution in [0.1, 0.15) is 32.1 Å². The summed E-state index contributed by atoms with van der Waals surface area (Å²) in [5.41, 5.74) is 0. The van der Waals surface area contributed by atoms with E-state index in [-0.39, 0.29) is 0 Å². The summed E-state index contributed by atoms with van der Waals surface area (Å²) < 4.78 is 0. The summed E-state index contributed by atoms with van der Waals surface area (Å²) in [6.07, 6.45) is 5.34. The van der Waals surface area contributed by atoms with Crippen LogP contribution in [-0.4, -0.2) is 61.5 Å². The molecule has 0 atom stereocenters. The fourth-order valence-electron chi connectivity index (χ4n) is 2.61. The van der Waals surface area contributed by atoms with Crippen molar-refractivity contribution in [1.82, 2.24) is 15.1 Å². The zero-order valence-corrected chi connectivity index (χ0v) is 10.7. The quantitative estimate of drug-likeness (QED) is 0.661. The number of carbonyl (C=O) groups excluding carboxylic acids is 1. The largest absolute Gasteiger partial charge is 0.343 e. The van der Waals surface area contributed by atoms with Gasteiger partial charge in [-0.1, -0.05) is 0 Å². The Balaban J connectivity index is 1.51. The number of likely N-dealkylation sites (tertiary alicyclic amines) is 1. The maximum Gasteiger partial charge on any atom is 0.222 e. The monoisotopic (exact) mass is 238 g/mol. The van der Waals surface area contributed by atoms with E-state index in [1.54, 1.807) is 0 Å². The number of amides is 1. The standard InChI is InChI=1S/C13H24N3O/c17-13(16-9-3-4-10-16)5-1-2-8-15-11-6-14-7-12-15/h1-12H2. The summed E-state index contributed by atoms with van der Waals surface area (Å²) in [7, 11) is 0. The number of carbonyl (C=O) groups is 1. The van der Waals surface area contributed by atoms with Crippen LogP contribution in [0, 0.1) is 0 Å². The Bertz CT molecular complexity index is 233. The Labute approximate surface area is 104 Å². The minimum Gasteiger partial charge on any atom is -0.343 e. The van der Waals surface area contributed by atoms with Crippen LogP contribution < -0.4 is 5.32 Å². The van der Waals surface area contributed by atoms with E-state index in [0.29, 0.717) is 5.91 Å². The highest BCUT2D eigenvalue weighted by atomic mass is 16.2. The van der Waals surface area contributed by atoms with E-state index < -0.39 is 0 Å². The first-order valence-corrected chi connectivity index (χ1v) is 6.99. The lowest BCUT2D eigenvalue weighted by Crippen LogP contribution is -2.40. The lowest BCUT2D eigenvalue weighted by Gasteiger charge is -2.26. The normalized spacial score (nSPS) is 22.0. The van der Waals surface area contributed by atoms with E-state index in [9.17, 15) is 4.79 Å². The summed E-state index contributed by atoms with van der Waals surface area (Å²) in [4.78, 5) is 16.3. The molecule has 1 radical (unpaired) electrons. The molecule has 2 fully saturated rings. The number of nitrogens with zero attached hydrogens (tertiary/aromatic N) is 3. The molecule has 4 heteroatoms. The third kappa shape index (κ3) is 4.28. The van der Waals surface area contributed by atoms with Gasteiger partial charge < -0.3 is 9.80 Å². The molecule has 2 saturated heterocycles. The van der Waals surface area contributed by atoms with Gasteiger partial charge in [0.15, 0.2) is 0 Å². The third-order valence-corrected chi connectivity index (χ3v) is 3.72. The number of hydrogen-bond donors (Lipinski definition) is 0. The van der Waals surface area contributed by atoms with Crippen molar-refractivity contribution < 1.29 is 4.79 Å². The molecular weight excluding hydrogens is 214 g/mol. The van der Waals surface area contributed by atoms with Gasteiger partial charge >= 0.3 is 0 Å². The molecule has 2 aliphatic heterocycles. The van der Waals surface area contributed by atoms with Gasteiger partial charge in [-0.2, -0.15) is 0 Å². The second-order valence-corrected chi connectivity index (χ2v) is 5.06. The zero-order valence-electron chi connectivity index (χ0n) is 10.7. The smallest absolute Gasteiger partial charge is 0.222 e. The fourth-order valence-corrected chi connectivity index (χ4v) is 2.61. The van der Waals surface area contributed by atoms with Gasteiger partial charge in [0.1, 0.15) is 0 Å². The van der Waals surface area contributed by atoms with Gasteiger partial charge in [0, 0.05) is 45.7 Å². The summed E-state index contributed by atoms with van der Waals surface area (Å²) in [5.74, 6) is 0.371. The zero-order chi connectivity index (χ0) is 11.9. The van der Waals surface area contributed by atoms with Crippen molar-refractivity contribution in [1.29, 1.82) is 0 Å². The molecule has 0 unspecified atom stereocenters. The Morgan fingerprint density at radius 1 is 1.00 bits per heavy atom. The Morgan fingerprint density at radius 2 is 1.71 bits per heavy atom. The molecule has 97 valence electrons. The number of piperazine rings is 1. The highest BCUT2D eigenvalue weighted by Crippen LogP contribution is 2.10. The predicted molar refractivity (Wildman–Crippen MR) is 68.0 cm³/mol. The average molecular weight is 238 g/mol. The molecule has 0 aromatic rings. The first kappa shape index (κ1) is 12.8. The van der Waals surface area contributed by atoms with Crippen molar-refractivity contribution in [3.05, 3.63) is 0 Å². The van der Waals surface area contributed by atoms with Crippen molar-refractivity contribution >= 4 is 5.91 Å². The first-order chi connectivity index (χ1) is 8.36. The molecule has 0 N–H and O–H groups in total. The number of rotatable bonds is 5. The molecule has 17 heavy (non-hydrogen) atoms. The fraction of sp³-hybridized carbons (Fsp3) is 0.923. The summed E-state index contributed by atoms with van der Waals surface area (Å²) >= 11 is 0. The minimum absolute atomic E-state index is 0.371. The molecule has 0 aromatic heterocycles. The lowest BCUT2D eigenvalue weighted by atomic mass is 10.2. The Kier molecular flexibility index (Phi) is 5.26. The van der Waals surface area contributed by atoms with Gasteiger partial charge in [0.2, 0.25) is 5.91 Å². The van der Waals surface area contributed by atoms with Gasteiger partial charge in [0.25, 0.3) is 0 Å². The summed E-state index contributed by atoms with van der Waals surface area (Å²) in [6.45, 7) is 7.33. The van der Waals surface area contributed by atoms with Crippen molar-refractivity contribution in [3.63, 3.8) is 0 Å². The molecule has 2 rings (SSSR count). The topological polar surface area (TPSA) is 37.7 Å².